The van der Waals surface area contributed by atoms with E-state index in [9.17, 15) is 9.59 Å². The SMILES string of the molecule is CC(=O)C1=NN(c2ccccc2C)[C@@]2(S1)SC(C(C)=O)=C(C)N2c1ccccc1. The number of allylic oxidation sites excluding steroid dienone is 2. The fourth-order valence-corrected chi connectivity index (χ4v) is 6.46. The van der Waals surface area contributed by atoms with Crippen molar-refractivity contribution in [2.75, 3.05) is 9.91 Å². The molecule has 2 aliphatic heterocycles. The molecule has 4 rings (SSSR count). The molecule has 0 amide bonds. The van der Waals surface area contributed by atoms with Crippen molar-refractivity contribution in [3.05, 3.63) is 70.8 Å². The number of thioether (sulfide) groups is 2. The molecule has 148 valence electrons. The van der Waals surface area contributed by atoms with Gasteiger partial charge in [-0.2, -0.15) is 5.10 Å². The second kappa shape index (κ2) is 7.39. The summed E-state index contributed by atoms with van der Waals surface area (Å²) in [4.78, 5) is 27.6. The van der Waals surface area contributed by atoms with Gasteiger partial charge in [-0.15, -0.1) is 0 Å². The zero-order valence-electron chi connectivity index (χ0n) is 16.7. The third kappa shape index (κ3) is 3.18. The van der Waals surface area contributed by atoms with E-state index in [4.69, 9.17) is 5.10 Å². The molecule has 0 N–H and O–H groups in total. The molecule has 0 saturated carbocycles. The van der Waals surface area contributed by atoms with E-state index in [0.29, 0.717) is 9.95 Å². The lowest BCUT2D eigenvalue weighted by Gasteiger charge is -2.41. The summed E-state index contributed by atoms with van der Waals surface area (Å²) < 4.78 is -0.820. The van der Waals surface area contributed by atoms with E-state index in [2.05, 4.69) is 4.90 Å². The molecule has 29 heavy (non-hydrogen) atoms. The van der Waals surface area contributed by atoms with Gasteiger partial charge in [0, 0.05) is 18.3 Å². The predicted octanol–water partition coefficient (Wildman–Crippen LogP) is 5.14. The molecule has 0 aliphatic carbocycles. The van der Waals surface area contributed by atoms with E-state index in [1.807, 2.05) is 73.5 Å². The van der Waals surface area contributed by atoms with Crippen LogP contribution in [0.25, 0.3) is 0 Å². The first-order valence-corrected chi connectivity index (χ1v) is 10.9. The molecule has 2 aromatic rings. The number of para-hydroxylation sites is 2. The molecule has 5 nitrogen and oxygen atoms in total. The van der Waals surface area contributed by atoms with Crippen LogP contribution >= 0.6 is 23.5 Å². The van der Waals surface area contributed by atoms with Gasteiger partial charge in [-0.1, -0.05) is 48.2 Å². The van der Waals surface area contributed by atoms with Gasteiger partial charge in [-0.3, -0.25) is 9.59 Å². The molecule has 2 aromatic carbocycles. The Balaban J connectivity index is 1.94. The third-order valence-corrected chi connectivity index (χ3v) is 7.94. The van der Waals surface area contributed by atoms with Gasteiger partial charge >= 0.3 is 0 Å². The number of hydrogen-bond donors (Lipinski definition) is 0. The monoisotopic (exact) mass is 423 g/mol. The van der Waals surface area contributed by atoms with Crippen molar-refractivity contribution in [2.45, 2.75) is 32.0 Å². The molecule has 0 radical (unpaired) electrons. The number of nitrogens with zero attached hydrogens (tertiary/aromatic N) is 3. The lowest BCUT2D eigenvalue weighted by Crippen LogP contribution is -2.49. The number of aryl methyl sites for hydroxylation is 1. The van der Waals surface area contributed by atoms with Gasteiger partial charge in [0.05, 0.1) is 10.6 Å². The van der Waals surface area contributed by atoms with E-state index in [1.54, 1.807) is 6.92 Å². The molecule has 2 heterocycles. The summed E-state index contributed by atoms with van der Waals surface area (Å²) in [7, 11) is 0. The molecular weight excluding hydrogens is 402 g/mol. The largest absolute Gasteiger partial charge is 0.301 e. The quantitative estimate of drug-likeness (QED) is 0.679. The minimum Gasteiger partial charge on any atom is -0.301 e. The van der Waals surface area contributed by atoms with E-state index >= 15 is 0 Å². The van der Waals surface area contributed by atoms with Crippen molar-refractivity contribution < 1.29 is 9.59 Å². The molecule has 0 aromatic heterocycles. The predicted molar refractivity (Wildman–Crippen MR) is 122 cm³/mol. The van der Waals surface area contributed by atoms with Crippen molar-refractivity contribution in [1.82, 2.24) is 0 Å². The summed E-state index contributed by atoms with van der Waals surface area (Å²) >= 11 is 2.84. The number of Topliss-reactive ketones (excluding diaryl/α,β-unsaturated/α-hetero) is 2. The second-order valence-corrected chi connectivity index (χ2v) is 9.55. The zero-order valence-corrected chi connectivity index (χ0v) is 18.3. The number of anilines is 2. The van der Waals surface area contributed by atoms with E-state index in [1.165, 1.54) is 30.4 Å². The summed E-state index contributed by atoms with van der Waals surface area (Å²) in [5.74, 6) is -0.0834. The second-order valence-electron chi connectivity index (χ2n) is 6.95. The maximum atomic E-state index is 12.5. The number of hydrazone groups is 1. The van der Waals surface area contributed by atoms with Gasteiger partial charge in [0.2, 0.25) is 4.33 Å². The summed E-state index contributed by atoms with van der Waals surface area (Å²) in [5, 5.41) is 7.04. The molecule has 0 bridgehead atoms. The summed E-state index contributed by atoms with van der Waals surface area (Å²) in [6.45, 7) is 7.08. The van der Waals surface area contributed by atoms with E-state index < -0.39 is 4.33 Å². The number of carbonyl (C=O) groups is 2. The smallest absolute Gasteiger partial charge is 0.245 e. The molecule has 2 aliphatic rings. The summed E-state index contributed by atoms with van der Waals surface area (Å²) in [5.41, 5.74) is 3.76. The van der Waals surface area contributed by atoms with Crippen molar-refractivity contribution in [2.24, 2.45) is 5.10 Å². The topological polar surface area (TPSA) is 53.0 Å². The molecule has 1 spiro atoms. The highest BCUT2D eigenvalue weighted by molar-refractivity contribution is 8.29. The van der Waals surface area contributed by atoms with Crippen LogP contribution in [0.4, 0.5) is 11.4 Å². The molecule has 0 fully saturated rings. The van der Waals surface area contributed by atoms with Gasteiger partial charge in [-0.05, 0) is 56.3 Å². The Morgan fingerprint density at radius 2 is 1.55 bits per heavy atom. The number of ketones is 2. The van der Waals surface area contributed by atoms with Crippen LogP contribution in [0, 0.1) is 6.92 Å². The third-order valence-electron chi connectivity index (χ3n) is 4.85. The first-order valence-electron chi connectivity index (χ1n) is 9.25. The highest BCUT2D eigenvalue weighted by Crippen LogP contribution is 2.60. The first-order chi connectivity index (χ1) is 13.8. The Morgan fingerprint density at radius 1 is 0.897 bits per heavy atom. The van der Waals surface area contributed by atoms with Crippen LogP contribution in [0.2, 0.25) is 0 Å². The van der Waals surface area contributed by atoms with Crippen LogP contribution in [0.5, 0.6) is 0 Å². The van der Waals surface area contributed by atoms with Crippen molar-refractivity contribution in [1.29, 1.82) is 0 Å². The average molecular weight is 424 g/mol. The van der Waals surface area contributed by atoms with Crippen molar-refractivity contribution in [3.8, 4) is 0 Å². The van der Waals surface area contributed by atoms with Crippen LogP contribution in [0.1, 0.15) is 26.3 Å². The van der Waals surface area contributed by atoms with Crippen LogP contribution in [0.3, 0.4) is 0 Å². The Kier molecular flexibility index (Phi) is 5.04. The van der Waals surface area contributed by atoms with Crippen molar-refractivity contribution in [3.63, 3.8) is 0 Å². The van der Waals surface area contributed by atoms with Gasteiger partial charge in [0.1, 0.15) is 0 Å². The van der Waals surface area contributed by atoms with Gasteiger partial charge in [-0.25, -0.2) is 5.01 Å². The molecule has 7 heteroatoms. The zero-order chi connectivity index (χ0) is 20.8. The fraction of sp³-hybridized carbons (Fsp3) is 0.227. The highest BCUT2D eigenvalue weighted by Gasteiger charge is 2.57. The highest BCUT2D eigenvalue weighted by atomic mass is 32.2. The number of carbonyl (C=O) groups excluding carboxylic acids is 2. The number of hydrogen-bond acceptors (Lipinski definition) is 7. The first kappa shape index (κ1) is 19.8. The lowest BCUT2D eigenvalue weighted by molar-refractivity contribution is -0.113. The Labute approximate surface area is 178 Å². The summed E-state index contributed by atoms with van der Waals surface area (Å²) in [6.07, 6.45) is 0. The Hall–Kier alpha value is -2.51. The molecule has 0 unspecified atom stereocenters. The Morgan fingerprint density at radius 3 is 2.17 bits per heavy atom. The van der Waals surface area contributed by atoms with Gasteiger partial charge in [0.15, 0.2) is 16.6 Å². The van der Waals surface area contributed by atoms with Crippen LogP contribution in [-0.2, 0) is 9.59 Å². The number of rotatable bonds is 4. The number of benzene rings is 2. The average Bonchev–Trinajstić information content (AvgIpc) is 3.21. The van der Waals surface area contributed by atoms with Crippen LogP contribution in [-0.4, -0.2) is 20.9 Å². The normalized spacial score (nSPS) is 21.2. The summed E-state index contributed by atoms with van der Waals surface area (Å²) in [6, 6.07) is 17.9. The van der Waals surface area contributed by atoms with E-state index in [-0.39, 0.29) is 11.6 Å². The van der Waals surface area contributed by atoms with Gasteiger partial charge in [0.25, 0.3) is 0 Å². The lowest BCUT2D eigenvalue weighted by atomic mass is 10.2. The molecular formula is C22H21N3O2S2. The van der Waals surface area contributed by atoms with Crippen molar-refractivity contribution >= 4 is 51.5 Å². The maximum absolute atomic E-state index is 12.5. The van der Waals surface area contributed by atoms with E-state index in [0.717, 1.165) is 22.6 Å². The maximum Gasteiger partial charge on any atom is 0.245 e. The molecule has 1 atom stereocenters. The van der Waals surface area contributed by atoms with Crippen LogP contribution in [0.15, 0.2) is 70.3 Å². The minimum atomic E-state index is -0.820. The van der Waals surface area contributed by atoms with Gasteiger partial charge < -0.3 is 4.90 Å². The molecule has 0 saturated heterocycles. The Bertz CT molecular complexity index is 1060. The van der Waals surface area contributed by atoms with Crippen LogP contribution < -0.4 is 9.91 Å². The fourth-order valence-electron chi connectivity index (χ4n) is 3.52. The standard InChI is InChI=1S/C22H21N3O2S2/c1-14-10-8-9-13-19(14)25-22(29-21(23-25)17(4)27)24(18-11-6-5-7-12-18)15(2)20(28-22)16(3)26/h5-13H,1-4H3/t22-/m1/s1. The minimum absolute atomic E-state index is 0.00640.